The van der Waals surface area contributed by atoms with Gasteiger partial charge in [0.25, 0.3) is 0 Å². The summed E-state index contributed by atoms with van der Waals surface area (Å²) in [5.41, 5.74) is 2.26. The van der Waals surface area contributed by atoms with Crippen molar-refractivity contribution in [3.05, 3.63) is 55.1 Å². The first-order chi connectivity index (χ1) is 12.3. The van der Waals surface area contributed by atoms with Gasteiger partial charge in [-0.2, -0.15) is 0 Å². The van der Waals surface area contributed by atoms with E-state index in [-0.39, 0.29) is 5.91 Å². The molecular formula is C18H16N6O. The zero-order valence-electron chi connectivity index (χ0n) is 13.5. The topological polar surface area (TPSA) is 83.9 Å². The van der Waals surface area contributed by atoms with Gasteiger partial charge in [0.1, 0.15) is 11.5 Å². The minimum Gasteiger partial charge on any atom is -0.324 e. The van der Waals surface area contributed by atoms with Crippen LogP contribution < -0.4 is 10.2 Å². The number of hydrogen-bond donors (Lipinski definition) is 1. The summed E-state index contributed by atoms with van der Waals surface area (Å²) in [4.78, 5) is 30.9. The van der Waals surface area contributed by atoms with E-state index in [0.29, 0.717) is 23.8 Å². The number of nitrogens with zero attached hydrogens (tertiary/aromatic N) is 5. The summed E-state index contributed by atoms with van der Waals surface area (Å²) in [5.74, 6) is 1.37. The summed E-state index contributed by atoms with van der Waals surface area (Å²) in [6, 6.07) is 9.36. The summed E-state index contributed by atoms with van der Waals surface area (Å²) in [6.07, 6.45) is 8.22. The second-order valence-electron chi connectivity index (χ2n) is 5.68. The van der Waals surface area contributed by atoms with Gasteiger partial charge in [0, 0.05) is 19.2 Å². The highest BCUT2D eigenvalue weighted by Crippen LogP contribution is 2.22. The lowest BCUT2D eigenvalue weighted by Crippen LogP contribution is -2.23. The Bertz CT molecular complexity index is 882. The molecule has 0 aromatic carbocycles. The van der Waals surface area contributed by atoms with E-state index in [0.717, 1.165) is 24.3 Å². The predicted octanol–water partition coefficient (Wildman–Crippen LogP) is 2.80. The molecule has 25 heavy (non-hydrogen) atoms. The monoisotopic (exact) mass is 332 g/mol. The van der Waals surface area contributed by atoms with Gasteiger partial charge >= 0.3 is 0 Å². The molecule has 3 aromatic rings. The Balaban J connectivity index is 1.51. The van der Waals surface area contributed by atoms with Crippen LogP contribution in [0.15, 0.2) is 55.1 Å². The molecule has 1 aliphatic heterocycles. The average molecular weight is 332 g/mol. The van der Waals surface area contributed by atoms with Crippen LogP contribution in [-0.4, -0.2) is 32.4 Å². The number of carbonyl (C=O) groups is 1. The van der Waals surface area contributed by atoms with E-state index in [9.17, 15) is 4.79 Å². The lowest BCUT2D eigenvalue weighted by Gasteiger charge is -2.15. The van der Waals surface area contributed by atoms with E-state index in [4.69, 9.17) is 0 Å². The van der Waals surface area contributed by atoms with Gasteiger partial charge in [0.15, 0.2) is 5.82 Å². The molecule has 0 bridgehead atoms. The molecule has 4 heterocycles. The van der Waals surface area contributed by atoms with E-state index in [1.54, 1.807) is 29.7 Å². The Morgan fingerprint density at radius 1 is 0.960 bits per heavy atom. The van der Waals surface area contributed by atoms with Crippen molar-refractivity contribution in [1.29, 1.82) is 0 Å². The second kappa shape index (κ2) is 6.64. The standard InChI is InChI=1S/C18H16N6O/c25-18-5-3-9-24(18)13-6-7-16(21-10-13)23-17-12-19-11-15(22-17)14-4-1-2-8-20-14/h1-2,4,6-8,10-12H,3,5,9H2,(H,21,22,23). The zero-order valence-corrected chi connectivity index (χ0v) is 13.5. The van der Waals surface area contributed by atoms with Gasteiger partial charge in [0.05, 0.1) is 30.0 Å². The van der Waals surface area contributed by atoms with E-state index < -0.39 is 0 Å². The Kier molecular flexibility index (Phi) is 4.04. The Morgan fingerprint density at radius 3 is 2.64 bits per heavy atom. The highest BCUT2D eigenvalue weighted by Gasteiger charge is 2.21. The summed E-state index contributed by atoms with van der Waals surface area (Å²) in [6.45, 7) is 0.755. The van der Waals surface area contributed by atoms with Gasteiger partial charge in [-0.15, -0.1) is 0 Å². The number of nitrogens with one attached hydrogen (secondary N) is 1. The third kappa shape index (κ3) is 3.30. The third-order valence-electron chi connectivity index (χ3n) is 3.95. The van der Waals surface area contributed by atoms with Gasteiger partial charge in [-0.05, 0) is 30.7 Å². The van der Waals surface area contributed by atoms with E-state index in [2.05, 4.69) is 25.3 Å². The molecule has 1 aliphatic rings. The quantitative estimate of drug-likeness (QED) is 0.791. The minimum absolute atomic E-state index is 0.149. The maximum atomic E-state index is 11.8. The maximum absolute atomic E-state index is 11.8. The number of aromatic nitrogens is 4. The molecule has 124 valence electrons. The molecule has 7 heteroatoms. The average Bonchev–Trinajstić information content (AvgIpc) is 3.09. The fourth-order valence-corrected chi connectivity index (χ4v) is 2.74. The molecule has 0 spiro atoms. The van der Waals surface area contributed by atoms with Crippen LogP contribution in [0.5, 0.6) is 0 Å². The van der Waals surface area contributed by atoms with Crippen molar-refractivity contribution in [2.45, 2.75) is 12.8 Å². The second-order valence-corrected chi connectivity index (χ2v) is 5.68. The van der Waals surface area contributed by atoms with Crippen molar-refractivity contribution in [2.24, 2.45) is 0 Å². The largest absolute Gasteiger partial charge is 0.324 e. The van der Waals surface area contributed by atoms with Crippen molar-refractivity contribution in [3.8, 4) is 11.4 Å². The molecular weight excluding hydrogens is 316 g/mol. The molecule has 0 saturated carbocycles. The van der Waals surface area contributed by atoms with Crippen molar-refractivity contribution in [2.75, 3.05) is 16.8 Å². The van der Waals surface area contributed by atoms with Crippen LogP contribution in [0, 0.1) is 0 Å². The molecule has 7 nitrogen and oxygen atoms in total. The summed E-state index contributed by atoms with van der Waals surface area (Å²) in [7, 11) is 0. The number of rotatable bonds is 4. The SMILES string of the molecule is O=C1CCCN1c1ccc(Nc2cncc(-c3ccccn3)n2)nc1. The van der Waals surface area contributed by atoms with Crippen molar-refractivity contribution in [1.82, 2.24) is 19.9 Å². The first-order valence-corrected chi connectivity index (χ1v) is 8.06. The molecule has 0 unspecified atom stereocenters. The smallest absolute Gasteiger partial charge is 0.227 e. The molecule has 0 atom stereocenters. The molecule has 3 aromatic heterocycles. The maximum Gasteiger partial charge on any atom is 0.227 e. The van der Waals surface area contributed by atoms with Crippen LogP contribution in [0.4, 0.5) is 17.3 Å². The Labute approximate surface area is 144 Å². The Morgan fingerprint density at radius 2 is 1.92 bits per heavy atom. The molecule has 1 fully saturated rings. The van der Waals surface area contributed by atoms with E-state index in [1.165, 1.54) is 0 Å². The molecule has 1 saturated heterocycles. The van der Waals surface area contributed by atoms with Crippen LogP contribution in [0.2, 0.25) is 0 Å². The van der Waals surface area contributed by atoms with E-state index >= 15 is 0 Å². The molecule has 1 N–H and O–H groups in total. The van der Waals surface area contributed by atoms with E-state index in [1.807, 2.05) is 30.3 Å². The molecule has 1 amide bonds. The normalized spacial score (nSPS) is 13.9. The number of hydrogen-bond acceptors (Lipinski definition) is 6. The molecule has 0 radical (unpaired) electrons. The summed E-state index contributed by atoms with van der Waals surface area (Å²) >= 11 is 0. The number of pyridine rings is 2. The van der Waals surface area contributed by atoms with Gasteiger partial charge in [-0.3, -0.25) is 14.8 Å². The van der Waals surface area contributed by atoms with Crippen LogP contribution in [0.3, 0.4) is 0 Å². The Hall–Kier alpha value is -3.35. The van der Waals surface area contributed by atoms with Crippen molar-refractivity contribution in [3.63, 3.8) is 0 Å². The first kappa shape index (κ1) is 15.2. The van der Waals surface area contributed by atoms with Gasteiger partial charge in [0.2, 0.25) is 5.91 Å². The lowest BCUT2D eigenvalue weighted by atomic mass is 10.3. The molecule has 0 aliphatic carbocycles. The van der Waals surface area contributed by atoms with Crippen LogP contribution in [0.1, 0.15) is 12.8 Å². The number of carbonyl (C=O) groups excluding carboxylic acids is 1. The minimum atomic E-state index is 0.149. The first-order valence-electron chi connectivity index (χ1n) is 8.06. The van der Waals surface area contributed by atoms with Crippen LogP contribution in [0.25, 0.3) is 11.4 Å². The fraction of sp³-hybridized carbons (Fsp3) is 0.167. The highest BCUT2D eigenvalue weighted by molar-refractivity contribution is 5.95. The fourth-order valence-electron chi connectivity index (χ4n) is 2.74. The van der Waals surface area contributed by atoms with Crippen molar-refractivity contribution >= 4 is 23.2 Å². The highest BCUT2D eigenvalue weighted by atomic mass is 16.2. The van der Waals surface area contributed by atoms with Gasteiger partial charge < -0.3 is 10.2 Å². The van der Waals surface area contributed by atoms with Crippen molar-refractivity contribution < 1.29 is 4.79 Å². The molecule has 4 rings (SSSR count). The zero-order chi connectivity index (χ0) is 17.1. The number of amides is 1. The summed E-state index contributed by atoms with van der Waals surface area (Å²) < 4.78 is 0. The van der Waals surface area contributed by atoms with Gasteiger partial charge in [-0.25, -0.2) is 9.97 Å². The summed E-state index contributed by atoms with van der Waals surface area (Å²) in [5, 5.41) is 3.13. The van der Waals surface area contributed by atoms with Crippen LogP contribution in [-0.2, 0) is 4.79 Å². The van der Waals surface area contributed by atoms with Gasteiger partial charge in [-0.1, -0.05) is 6.07 Å². The lowest BCUT2D eigenvalue weighted by molar-refractivity contribution is -0.117. The third-order valence-corrected chi connectivity index (χ3v) is 3.95. The van der Waals surface area contributed by atoms with Crippen LogP contribution >= 0.6 is 0 Å². The number of anilines is 3. The predicted molar refractivity (Wildman–Crippen MR) is 94.4 cm³/mol.